The highest BCUT2D eigenvalue weighted by atomic mass is 15.0. The first-order valence-corrected chi connectivity index (χ1v) is 5.94. The first-order chi connectivity index (χ1) is 7.25. The lowest BCUT2D eigenvalue weighted by molar-refractivity contribution is 0.285. The molecule has 2 heteroatoms. The van der Waals surface area contributed by atoms with Gasteiger partial charge in [-0.3, -0.25) is 0 Å². The molecule has 0 aromatic carbocycles. The molecule has 1 unspecified atom stereocenters. The van der Waals surface area contributed by atoms with Gasteiger partial charge in [-0.15, -0.1) is 0 Å². The van der Waals surface area contributed by atoms with Crippen LogP contribution in [0, 0.1) is 12.8 Å². The monoisotopic (exact) mass is 204 g/mol. The predicted molar refractivity (Wildman–Crippen MR) is 64.0 cm³/mol. The van der Waals surface area contributed by atoms with Gasteiger partial charge in [-0.1, -0.05) is 25.3 Å². The summed E-state index contributed by atoms with van der Waals surface area (Å²) in [6.07, 6.45) is 7.42. The molecule has 0 aliphatic heterocycles. The summed E-state index contributed by atoms with van der Waals surface area (Å²) < 4.78 is 0. The summed E-state index contributed by atoms with van der Waals surface area (Å²) in [5, 5.41) is 3.50. The second-order valence-corrected chi connectivity index (χ2v) is 4.75. The minimum absolute atomic E-state index is 0.545. The zero-order valence-electron chi connectivity index (χ0n) is 9.66. The molecule has 1 atom stereocenters. The maximum atomic E-state index is 4.36. The van der Waals surface area contributed by atoms with E-state index < -0.39 is 0 Å². The summed E-state index contributed by atoms with van der Waals surface area (Å²) in [4.78, 5) is 4.36. The molecule has 1 heterocycles. The molecule has 15 heavy (non-hydrogen) atoms. The van der Waals surface area contributed by atoms with Crippen LogP contribution in [0.4, 0.5) is 5.82 Å². The smallest absolute Gasteiger partial charge is 0.129 e. The van der Waals surface area contributed by atoms with Gasteiger partial charge in [0.1, 0.15) is 5.82 Å². The van der Waals surface area contributed by atoms with E-state index in [4.69, 9.17) is 0 Å². The van der Waals surface area contributed by atoms with E-state index in [9.17, 15) is 0 Å². The Morgan fingerprint density at radius 3 is 2.93 bits per heavy atom. The van der Waals surface area contributed by atoms with E-state index >= 15 is 0 Å². The molecule has 1 saturated carbocycles. The van der Waals surface area contributed by atoms with Crippen LogP contribution in [0.2, 0.25) is 0 Å². The largest absolute Gasteiger partial charge is 0.367 e. The van der Waals surface area contributed by atoms with Gasteiger partial charge in [0.2, 0.25) is 0 Å². The third-order valence-corrected chi connectivity index (χ3v) is 3.30. The Labute approximate surface area is 92.1 Å². The molecule has 0 amide bonds. The van der Waals surface area contributed by atoms with Gasteiger partial charge in [0.05, 0.1) is 0 Å². The molecule has 0 spiro atoms. The Morgan fingerprint density at radius 1 is 1.53 bits per heavy atom. The van der Waals surface area contributed by atoms with Crippen LogP contribution in [0.25, 0.3) is 0 Å². The molecule has 2 rings (SSSR count). The fourth-order valence-corrected chi connectivity index (χ4v) is 2.16. The number of nitrogens with one attached hydrogen (secondary N) is 1. The van der Waals surface area contributed by atoms with Crippen molar-refractivity contribution in [1.29, 1.82) is 0 Å². The van der Waals surface area contributed by atoms with Crippen LogP contribution >= 0.6 is 0 Å². The summed E-state index contributed by atoms with van der Waals surface area (Å²) in [6.45, 7) is 4.36. The van der Waals surface area contributed by atoms with Gasteiger partial charge in [-0.25, -0.2) is 4.98 Å². The van der Waals surface area contributed by atoms with Crippen molar-refractivity contribution in [1.82, 2.24) is 4.98 Å². The van der Waals surface area contributed by atoms with E-state index in [1.807, 2.05) is 12.3 Å². The van der Waals surface area contributed by atoms with Gasteiger partial charge < -0.3 is 5.32 Å². The van der Waals surface area contributed by atoms with E-state index in [0.717, 1.165) is 11.7 Å². The number of aromatic nitrogens is 1. The van der Waals surface area contributed by atoms with Crippen LogP contribution in [0.1, 0.15) is 38.2 Å². The van der Waals surface area contributed by atoms with Crippen molar-refractivity contribution in [3.63, 3.8) is 0 Å². The van der Waals surface area contributed by atoms with Crippen LogP contribution in [-0.2, 0) is 0 Å². The SMILES string of the molecule is Cc1cccnc1NC(C)CC1CCC1. The molecule has 1 aliphatic carbocycles. The third kappa shape index (κ3) is 2.71. The molecule has 2 nitrogen and oxygen atoms in total. The first kappa shape index (κ1) is 10.5. The zero-order valence-corrected chi connectivity index (χ0v) is 9.66. The highest BCUT2D eigenvalue weighted by Gasteiger charge is 2.20. The minimum Gasteiger partial charge on any atom is -0.367 e. The summed E-state index contributed by atoms with van der Waals surface area (Å²) in [6, 6.07) is 4.63. The summed E-state index contributed by atoms with van der Waals surface area (Å²) >= 11 is 0. The first-order valence-electron chi connectivity index (χ1n) is 5.94. The highest BCUT2D eigenvalue weighted by Crippen LogP contribution is 2.31. The van der Waals surface area contributed by atoms with Gasteiger partial charge in [0, 0.05) is 12.2 Å². The molecule has 1 aromatic heterocycles. The summed E-state index contributed by atoms with van der Waals surface area (Å²) in [5.74, 6) is 2.00. The van der Waals surface area contributed by atoms with E-state index in [1.54, 1.807) is 0 Å². The Hall–Kier alpha value is -1.05. The molecule has 0 bridgehead atoms. The maximum Gasteiger partial charge on any atom is 0.129 e. The van der Waals surface area contributed by atoms with Gasteiger partial charge in [0.15, 0.2) is 0 Å². The Balaban J connectivity index is 1.87. The molecule has 1 N–H and O–H groups in total. The average Bonchev–Trinajstić information content (AvgIpc) is 2.16. The molecule has 82 valence electrons. The second kappa shape index (κ2) is 4.65. The molecule has 1 aromatic rings. The normalized spacial score (nSPS) is 18.3. The number of pyridine rings is 1. The second-order valence-electron chi connectivity index (χ2n) is 4.75. The number of anilines is 1. The quantitative estimate of drug-likeness (QED) is 0.813. The number of rotatable bonds is 4. The number of hydrogen-bond acceptors (Lipinski definition) is 2. The molecule has 0 saturated heterocycles. The lowest BCUT2D eigenvalue weighted by atomic mass is 9.81. The van der Waals surface area contributed by atoms with Crippen molar-refractivity contribution >= 4 is 5.82 Å². The van der Waals surface area contributed by atoms with Gasteiger partial charge in [-0.2, -0.15) is 0 Å². The molecular weight excluding hydrogens is 184 g/mol. The third-order valence-electron chi connectivity index (χ3n) is 3.30. The Morgan fingerprint density at radius 2 is 2.33 bits per heavy atom. The predicted octanol–water partition coefficient (Wildman–Crippen LogP) is 3.38. The van der Waals surface area contributed by atoms with Crippen molar-refractivity contribution in [2.75, 3.05) is 5.32 Å². The maximum absolute atomic E-state index is 4.36. The van der Waals surface area contributed by atoms with E-state index in [0.29, 0.717) is 6.04 Å². The molecule has 1 fully saturated rings. The van der Waals surface area contributed by atoms with Crippen LogP contribution in [0.5, 0.6) is 0 Å². The lowest BCUT2D eigenvalue weighted by Crippen LogP contribution is -2.24. The van der Waals surface area contributed by atoms with E-state index in [-0.39, 0.29) is 0 Å². The van der Waals surface area contributed by atoms with Crippen LogP contribution < -0.4 is 5.32 Å². The van der Waals surface area contributed by atoms with Crippen molar-refractivity contribution in [3.8, 4) is 0 Å². The fourth-order valence-electron chi connectivity index (χ4n) is 2.16. The molecular formula is C13H20N2. The van der Waals surface area contributed by atoms with Crippen molar-refractivity contribution < 1.29 is 0 Å². The van der Waals surface area contributed by atoms with Gasteiger partial charge in [-0.05, 0) is 37.8 Å². The lowest BCUT2D eigenvalue weighted by Gasteiger charge is -2.28. The summed E-state index contributed by atoms with van der Waals surface area (Å²) in [5.41, 5.74) is 1.23. The van der Waals surface area contributed by atoms with Crippen LogP contribution in [0.15, 0.2) is 18.3 Å². The van der Waals surface area contributed by atoms with Crippen LogP contribution in [0.3, 0.4) is 0 Å². The van der Waals surface area contributed by atoms with Gasteiger partial charge >= 0.3 is 0 Å². The van der Waals surface area contributed by atoms with Crippen LogP contribution in [-0.4, -0.2) is 11.0 Å². The van der Waals surface area contributed by atoms with Crippen molar-refractivity contribution in [3.05, 3.63) is 23.9 Å². The topological polar surface area (TPSA) is 24.9 Å². The molecule has 1 aliphatic rings. The van der Waals surface area contributed by atoms with Crippen molar-refractivity contribution in [2.45, 2.75) is 45.6 Å². The fraction of sp³-hybridized carbons (Fsp3) is 0.615. The van der Waals surface area contributed by atoms with E-state index in [2.05, 4.69) is 30.2 Å². The Kier molecular flexibility index (Phi) is 3.24. The highest BCUT2D eigenvalue weighted by molar-refractivity contribution is 5.43. The molecule has 0 radical (unpaired) electrons. The van der Waals surface area contributed by atoms with Crippen molar-refractivity contribution in [2.24, 2.45) is 5.92 Å². The summed E-state index contributed by atoms with van der Waals surface area (Å²) in [7, 11) is 0. The standard InChI is InChI=1S/C13H20N2/c1-10-5-4-8-14-13(10)15-11(2)9-12-6-3-7-12/h4-5,8,11-12H,3,6-7,9H2,1-2H3,(H,14,15). The number of hydrogen-bond donors (Lipinski definition) is 1. The van der Waals surface area contributed by atoms with Gasteiger partial charge in [0.25, 0.3) is 0 Å². The van der Waals surface area contributed by atoms with E-state index in [1.165, 1.54) is 31.2 Å². The minimum atomic E-state index is 0.545. The Bertz CT molecular complexity index is 318. The average molecular weight is 204 g/mol. The number of aryl methyl sites for hydroxylation is 1. The zero-order chi connectivity index (χ0) is 10.7. The number of nitrogens with zero attached hydrogens (tertiary/aromatic N) is 1.